The second-order valence-electron chi connectivity index (χ2n) is 5.38. The number of ether oxygens (including phenoxy) is 1. The van der Waals surface area contributed by atoms with Crippen molar-refractivity contribution in [3.8, 4) is 5.75 Å². The maximum atomic E-state index is 12.2. The van der Waals surface area contributed by atoms with Crippen molar-refractivity contribution in [3.05, 3.63) is 94.2 Å². The van der Waals surface area contributed by atoms with Gasteiger partial charge in [0.25, 0.3) is 5.91 Å². The summed E-state index contributed by atoms with van der Waals surface area (Å²) in [5.74, 6) is -0.390. The lowest BCUT2D eigenvalue weighted by molar-refractivity contribution is 0.0733. The second kappa shape index (κ2) is 8.86. The van der Waals surface area contributed by atoms with Gasteiger partial charge in [0.05, 0.1) is 17.3 Å². The first-order chi connectivity index (χ1) is 13.1. The van der Waals surface area contributed by atoms with Crippen LogP contribution in [0.1, 0.15) is 26.3 Å². The van der Waals surface area contributed by atoms with Crippen molar-refractivity contribution in [1.29, 1.82) is 0 Å². The molecule has 3 aromatic rings. The molecule has 0 aliphatic carbocycles. The Bertz CT molecular complexity index is 973. The van der Waals surface area contributed by atoms with Crippen molar-refractivity contribution in [2.75, 3.05) is 0 Å². The summed E-state index contributed by atoms with van der Waals surface area (Å²) in [7, 11) is 0. The van der Waals surface area contributed by atoms with Gasteiger partial charge in [-0.2, -0.15) is 5.10 Å². The van der Waals surface area contributed by atoms with Gasteiger partial charge in [0.2, 0.25) is 0 Å². The molecule has 7 heteroatoms. The minimum atomic E-state index is -0.451. The third-order valence-corrected chi connectivity index (χ3v) is 4.18. The van der Waals surface area contributed by atoms with Crippen molar-refractivity contribution >= 4 is 34.0 Å². The fraction of sp³-hybridized carbons (Fsp3) is 0. The van der Waals surface area contributed by atoms with Gasteiger partial charge in [-0.3, -0.25) is 9.78 Å². The smallest absolute Gasteiger partial charge is 0.344 e. The Balaban J connectivity index is 1.58. The molecule has 0 spiro atoms. The number of hydrazone groups is 1. The number of rotatable bonds is 5. The van der Waals surface area contributed by atoms with E-state index in [1.807, 2.05) is 6.07 Å². The Hall–Kier alpha value is -3.32. The molecule has 0 aliphatic heterocycles. The van der Waals surface area contributed by atoms with Crippen LogP contribution in [0.25, 0.3) is 0 Å². The minimum Gasteiger partial charge on any atom is -0.423 e. The maximum Gasteiger partial charge on any atom is 0.344 e. The molecule has 0 saturated carbocycles. The number of benzene rings is 2. The highest BCUT2D eigenvalue weighted by Crippen LogP contribution is 2.19. The fourth-order valence-electron chi connectivity index (χ4n) is 2.14. The van der Waals surface area contributed by atoms with Crippen LogP contribution in [0.3, 0.4) is 0 Å². The molecule has 1 aromatic heterocycles. The molecule has 1 N–H and O–H groups in total. The van der Waals surface area contributed by atoms with Crippen molar-refractivity contribution in [1.82, 2.24) is 10.4 Å². The third kappa shape index (κ3) is 5.08. The molecule has 0 aliphatic rings. The molecule has 3 rings (SSSR count). The Morgan fingerprint density at radius 2 is 1.81 bits per heavy atom. The van der Waals surface area contributed by atoms with Crippen molar-refractivity contribution in [2.45, 2.75) is 0 Å². The molecule has 0 bridgehead atoms. The SMILES string of the molecule is O=C(NN=Cc1ccc(OC(=O)c2ccccc2Br)cc1)c1cccnc1. The van der Waals surface area contributed by atoms with E-state index >= 15 is 0 Å². The predicted octanol–water partition coefficient (Wildman–Crippen LogP) is 3.83. The molecule has 6 nitrogen and oxygen atoms in total. The number of nitrogens with one attached hydrogen (secondary N) is 1. The summed E-state index contributed by atoms with van der Waals surface area (Å²) in [6.07, 6.45) is 4.54. The largest absolute Gasteiger partial charge is 0.423 e. The van der Waals surface area contributed by atoms with E-state index < -0.39 is 5.97 Å². The topological polar surface area (TPSA) is 80.6 Å². The lowest BCUT2D eigenvalue weighted by Gasteiger charge is -2.06. The number of pyridine rings is 1. The molecule has 0 radical (unpaired) electrons. The van der Waals surface area contributed by atoms with Crippen LogP contribution in [0.15, 0.2) is 82.6 Å². The molecule has 0 atom stereocenters. The summed E-state index contributed by atoms with van der Waals surface area (Å²) in [6, 6.07) is 17.1. The average Bonchev–Trinajstić information content (AvgIpc) is 2.70. The maximum absolute atomic E-state index is 12.2. The number of esters is 1. The van der Waals surface area contributed by atoms with Crippen LogP contribution >= 0.6 is 15.9 Å². The van der Waals surface area contributed by atoms with Gasteiger partial charge in [-0.15, -0.1) is 0 Å². The third-order valence-electron chi connectivity index (χ3n) is 3.49. The predicted molar refractivity (Wildman–Crippen MR) is 105 cm³/mol. The molecule has 2 aromatic carbocycles. The molecule has 1 heterocycles. The van der Waals surface area contributed by atoms with Crippen molar-refractivity contribution < 1.29 is 14.3 Å². The second-order valence-corrected chi connectivity index (χ2v) is 6.23. The van der Waals surface area contributed by atoms with E-state index in [-0.39, 0.29) is 5.91 Å². The summed E-state index contributed by atoms with van der Waals surface area (Å²) >= 11 is 3.32. The highest BCUT2D eigenvalue weighted by Gasteiger charge is 2.11. The molecule has 134 valence electrons. The number of carbonyl (C=O) groups excluding carboxylic acids is 2. The Kier molecular flexibility index (Phi) is 6.06. The van der Waals surface area contributed by atoms with Crippen LogP contribution in [0, 0.1) is 0 Å². The van der Waals surface area contributed by atoms with Crippen molar-refractivity contribution in [3.63, 3.8) is 0 Å². The zero-order valence-corrected chi connectivity index (χ0v) is 15.6. The lowest BCUT2D eigenvalue weighted by atomic mass is 10.2. The van der Waals surface area contributed by atoms with Gasteiger partial charge in [-0.05, 0) is 70.0 Å². The molecule has 0 fully saturated rings. The number of carbonyl (C=O) groups is 2. The number of halogens is 1. The molecular formula is C20H14BrN3O3. The normalized spacial score (nSPS) is 10.6. The van der Waals surface area contributed by atoms with Crippen LogP contribution < -0.4 is 10.2 Å². The van der Waals surface area contributed by atoms with Crippen LogP contribution in [-0.2, 0) is 0 Å². The fourth-order valence-corrected chi connectivity index (χ4v) is 2.58. The number of nitrogens with zero attached hydrogens (tertiary/aromatic N) is 2. The first-order valence-electron chi connectivity index (χ1n) is 7.94. The molecular weight excluding hydrogens is 410 g/mol. The van der Waals surface area contributed by atoms with Gasteiger partial charge >= 0.3 is 5.97 Å². The summed E-state index contributed by atoms with van der Waals surface area (Å²) < 4.78 is 6.02. The van der Waals surface area contributed by atoms with Crippen LogP contribution in [0.4, 0.5) is 0 Å². The number of amides is 1. The van der Waals surface area contributed by atoms with Crippen LogP contribution in [0.2, 0.25) is 0 Å². The van der Waals surface area contributed by atoms with E-state index in [2.05, 4.69) is 31.4 Å². The Labute approximate surface area is 164 Å². The van der Waals surface area contributed by atoms with Crippen molar-refractivity contribution in [2.24, 2.45) is 5.10 Å². The highest BCUT2D eigenvalue weighted by atomic mass is 79.9. The van der Waals surface area contributed by atoms with Gasteiger partial charge in [-0.25, -0.2) is 10.2 Å². The summed E-state index contributed by atoms with van der Waals surface area (Å²) in [6.45, 7) is 0. The van der Waals surface area contributed by atoms with Gasteiger partial charge in [0.1, 0.15) is 5.75 Å². The average molecular weight is 424 g/mol. The van der Waals surface area contributed by atoms with E-state index in [9.17, 15) is 9.59 Å². The van der Waals surface area contributed by atoms with Crippen LogP contribution in [-0.4, -0.2) is 23.1 Å². The van der Waals surface area contributed by atoms with E-state index in [0.29, 0.717) is 21.3 Å². The highest BCUT2D eigenvalue weighted by molar-refractivity contribution is 9.10. The Morgan fingerprint density at radius 1 is 1.04 bits per heavy atom. The van der Waals surface area contributed by atoms with E-state index in [1.54, 1.807) is 60.8 Å². The standard InChI is InChI=1S/C20H14BrN3O3/c21-18-6-2-1-5-17(18)20(26)27-16-9-7-14(8-10-16)12-23-24-19(25)15-4-3-11-22-13-15/h1-13H,(H,24,25). The van der Waals surface area contributed by atoms with E-state index in [0.717, 1.165) is 5.56 Å². The van der Waals surface area contributed by atoms with E-state index in [4.69, 9.17) is 4.74 Å². The first-order valence-corrected chi connectivity index (χ1v) is 8.73. The molecule has 27 heavy (non-hydrogen) atoms. The zero-order valence-electron chi connectivity index (χ0n) is 14.0. The molecule has 1 amide bonds. The van der Waals surface area contributed by atoms with Crippen LogP contribution in [0.5, 0.6) is 5.75 Å². The first kappa shape index (κ1) is 18.5. The van der Waals surface area contributed by atoms with Gasteiger partial charge in [0, 0.05) is 16.9 Å². The zero-order chi connectivity index (χ0) is 19.1. The number of hydrogen-bond acceptors (Lipinski definition) is 5. The number of aromatic nitrogens is 1. The summed E-state index contributed by atoms with van der Waals surface area (Å²) in [5.41, 5.74) is 4.03. The lowest BCUT2D eigenvalue weighted by Crippen LogP contribution is -2.17. The molecule has 0 unspecified atom stereocenters. The van der Waals surface area contributed by atoms with Gasteiger partial charge < -0.3 is 4.74 Å². The number of hydrogen-bond donors (Lipinski definition) is 1. The van der Waals surface area contributed by atoms with E-state index in [1.165, 1.54) is 12.4 Å². The minimum absolute atomic E-state index is 0.349. The summed E-state index contributed by atoms with van der Waals surface area (Å²) in [4.78, 5) is 27.9. The van der Waals surface area contributed by atoms with Gasteiger partial charge in [0.15, 0.2) is 0 Å². The molecule has 0 saturated heterocycles. The summed E-state index contributed by atoms with van der Waals surface area (Å²) in [5, 5.41) is 3.90. The monoisotopic (exact) mass is 423 g/mol. The Morgan fingerprint density at radius 3 is 2.52 bits per heavy atom. The quantitative estimate of drug-likeness (QED) is 0.292. The van der Waals surface area contributed by atoms with Gasteiger partial charge in [-0.1, -0.05) is 12.1 Å².